The van der Waals surface area contributed by atoms with Crippen LogP contribution in [0.15, 0.2) is 30.3 Å². The second-order valence-corrected chi connectivity index (χ2v) is 6.93. The van der Waals surface area contributed by atoms with Crippen molar-refractivity contribution in [2.24, 2.45) is 11.1 Å². The topological polar surface area (TPSA) is 38.0 Å². The fraction of sp³-hybridized carbons (Fsp3) is 0.647. The first-order valence-corrected chi connectivity index (χ1v) is 7.49. The van der Waals surface area contributed by atoms with E-state index in [-0.39, 0.29) is 5.54 Å². The van der Waals surface area contributed by atoms with E-state index in [1.165, 1.54) is 31.2 Å². The fourth-order valence-corrected chi connectivity index (χ4v) is 3.10. The molecule has 0 radical (unpaired) electrons. The first-order chi connectivity index (χ1) is 8.96. The van der Waals surface area contributed by atoms with Crippen molar-refractivity contribution in [1.29, 1.82) is 0 Å². The van der Waals surface area contributed by atoms with Gasteiger partial charge in [-0.05, 0) is 43.6 Å². The molecule has 1 unspecified atom stereocenters. The van der Waals surface area contributed by atoms with Gasteiger partial charge in [0.25, 0.3) is 0 Å². The SMILES string of the molecule is CC(NC1(CN)CCC(C)(C)CC1)c1ccccc1. The lowest BCUT2D eigenvalue weighted by Crippen LogP contribution is -2.54. The lowest BCUT2D eigenvalue weighted by molar-refractivity contribution is 0.130. The van der Waals surface area contributed by atoms with E-state index in [4.69, 9.17) is 5.73 Å². The molecule has 0 saturated heterocycles. The van der Waals surface area contributed by atoms with E-state index in [9.17, 15) is 0 Å². The molecule has 0 spiro atoms. The Morgan fingerprint density at radius 3 is 2.21 bits per heavy atom. The molecule has 2 nitrogen and oxygen atoms in total. The maximum atomic E-state index is 6.09. The van der Waals surface area contributed by atoms with Crippen LogP contribution in [0, 0.1) is 5.41 Å². The molecule has 2 heteroatoms. The third kappa shape index (κ3) is 3.58. The van der Waals surface area contributed by atoms with Crippen molar-refractivity contribution in [1.82, 2.24) is 5.32 Å². The van der Waals surface area contributed by atoms with Crippen LogP contribution in [0.4, 0.5) is 0 Å². The zero-order valence-electron chi connectivity index (χ0n) is 12.6. The van der Waals surface area contributed by atoms with E-state index in [0.717, 1.165) is 6.54 Å². The summed E-state index contributed by atoms with van der Waals surface area (Å²) >= 11 is 0. The van der Waals surface area contributed by atoms with E-state index in [1.54, 1.807) is 0 Å². The first kappa shape index (κ1) is 14.5. The summed E-state index contributed by atoms with van der Waals surface area (Å²) in [7, 11) is 0. The largest absolute Gasteiger partial charge is 0.329 e. The molecule has 0 amide bonds. The summed E-state index contributed by atoms with van der Waals surface area (Å²) in [5.41, 5.74) is 8.05. The molecule has 1 aromatic carbocycles. The Bertz CT molecular complexity index is 387. The van der Waals surface area contributed by atoms with Crippen LogP contribution < -0.4 is 11.1 Å². The van der Waals surface area contributed by atoms with Gasteiger partial charge in [0.2, 0.25) is 0 Å². The van der Waals surface area contributed by atoms with Crippen LogP contribution in [-0.2, 0) is 0 Å². The maximum absolute atomic E-state index is 6.09. The lowest BCUT2D eigenvalue weighted by Gasteiger charge is -2.45. The highest BCUT2D eigenvalue weighted by atomic mass is 15.0. The van der Waals surface area contributed by atoms with E-state index in [1.807, 2.05) is 0 Å². The van der Waals surface area contributed by atoms with Crippen molar-refractivity contribution in [3.05, 3.63) is 35.9 Å². The second kappa shape index (κ2) is 5.64. The minimum absolute atomic E-state index is 0.130. The summed E-state index contributed by atoms with van der Waals surface area (Å²) in [6, 6.07) is 11.0. The lowest BCUT2D eigenvalue weighted by atomic mass is 9.69. The van der Waals surface area contributed by atoms with Gasteiger partial charge < -0.3 is 11.1 Å². The molecule has 1 aliphatic carbocycles. The molecule has 0 heterocycles. The number of benzene rings is 1. The van der Waals surface area contributed by atoms with Gasteiger partial charge in [-0.3, -0.25) is 0 Å². The summed E-state index contributed by atoms with van der Waals surface area (Å²) in [4.78, 5) is 0. The predicted octanol–water partition coefficient (Wildman–Crippen LogP) is 3.63. The van der Waals surface area contributed by atoms with Crippen molar-refractivity contribution < 1.29 is 0 Å². The van der Waals surface area contributed by atoms with Crippen molar-refractivity contribution in [2.75, 3.05) is 6.54 Å². The molecular formula is C17H28N2. The molecule has 3 N–H and O–H groups in total. The third-order valence-corrected chi connectivity index (χ3v) is 4.77. The predicted molar refractivity (Wildman–Crippen MR) is 82.0 cm³/mol. The summed E-state index contributed by atoms with van der Waals surface area (Å²) in [5, 5.41) is 3.81. The van der Waals surface area contributed by atoms with Crippen LogP contribution >= 0.6 is 0 Å². The standard InChI is InChI=1S/C17H28N2/c1-14(15-7-5-4-6-8-15)19-17(13-18)11-9-16(2,3)10-12-17/h4-8,14,19H,9-13,18H2,1-3H3. The molecule has 2 rings (SSSR count). The monoisotopic (exact) mass is 260 g/mol. The molecule has 1 saturated carbocycles. The minimum atomic E-state index is 0.130. The molecule has 0 bridgehead atoms. The summed E-state index contributed by atoms with van der Waals surface area (Å²) in [6.07, 6.45) is 4.90. The van der Waals surface area contributed by atoms with Gasteiger partial charge in [0.1, 0.15) is 0 Å². The van der Waals surface area contributed by atoms with Gasteiger partial charge in [0.05, 0.1) is 0 Å². The smallest absolute Gasteiger partial charge is 0.0309 e. The van der Waals surface area contributed by atoms with Gasteiger partial charge in [0.15, 0.2) is 0 Å². The van der Waals surface area contributed by atoms with Gasteiger partial charge >= 0.3 is 0 Å². The highest BCUT2D eigenvalue weighted by Crippen LogP contribution is 2.40. The van der Waals surface area contributed by atoms with Crippen molar-refractivity contribution in [2.45, 2.75) is 58.0 Å². The molecule has 1 aliphatic rings. The molecule has 1 aromatic rings. The van der Waals surface area contributed by atoms with Crippen molar-refractivity contribution in [3.63, 3.8) is 0 Å². The van der Waals surface area contributed by atoms with E-state index >= 15 is 0 Å². The number of nitrogens with one attached hydrogen (secondary N) is 1. The number of nitrogens with two attached hydrogens (primary N) is 1. The molecule has 1 fully saturated rings. The average molecular weight is 260 g/mol. The summed E-state index contributed by atoms with van der Waals surface area (Å²) < 4.78 is 0. The molecule has 0 aliphatic heterocycles. The van der Waals surface area contributed by atoms with Crippen molar-refractivity contribution >= 4 is 0 Å². The van der Waals surface area contributed by atoms with Crippen LogP contribution in [0.25, 0.3) is 0 Å². The average Bonchev–Trinajstić information content (AvgIpc) is 2.42. The summed E-state index contributed by atoms with van der Waals surface area (Å²) in [5.74, 6) is 0. The summed E-state index contributed by atoms with van der Waals surface area (Å²) in [6.45, 7) is 7.72. The van der Waals surface area contributed by atoms with Gasteiger partial charge in [-0.1, -0.05) is 44.2 Å². The first-order valence-electron chi connectivity index (χ1n) is 7.49. The molecule has 19 heavy (non-hydrogen) atoms. The van der Waals surface area contributed by atoms with Gasteiger partial charge in [-0.15, -0.1) is 0 Å². The maximum Gasteiger partial charge on any atom is 0.0309 e. The Balaban J connectivity index is 2.03. The van der Waals surface area contributed by atoms with Gasteiger partial charge in [-0.25, -0.2) is 0 Å². The Kier molecular flexibility index (Phi) is 4.32. The number of hydrogen-bond acceptors (Lipinski definition) is 2. The highest BCUT2D eigenvalue weighted by Gasteiger charge is 2.37. The van der Waals surface area contributed by atoms with E-state index in [2.05, 4.69) is 56.4 Å². The van der Waals surface area contributed by atoms with Gasteiger partial charge in [0, 0.05) is 18.1 Å². The normalized spacial score (nSPS) is 22.9. The Hall–Kier alpha value is -0.860. The molecule has 0 aromatic heterocycles. The Labute approximate surface area is 117 Å². The third-order valence-electron chi connectivity index (χ3n) is 4.77. The zero-order chi connectivity index (χ0) is 13.9. The van der Waals surface area contributed by atoms with Crippen LogP contribution in [-0.4, -0.2) is 12.1 Å². The fourth-order valence-electron chi connectivity index (χ4n) is 3.10. The highest BCUT2D eigenvalue weighted by molar-refractivity contribution is 5.19. The number of rotatable bonds is 4. The van der Waals surface area contributed by atoms with Crippen LogP contribution in [0.1, 0.15) is 58.1 Å². The Morgan fingerprint density at radius 2 is 1.68 bits per heavy atom. The van der Waals surface area contributed by atoms with E-state index in [0.29, 0.717) is 11.5 Å². The van der Waals surface area contributed by atoms with Crippen LogP contribution in [0.5, 0.6) is 0 Å². The minimum Gasteiger partial charge on any atom is -0.329 e. The molecular weight excluding hydrogens is 232 g/mol. The molecule has 106 valence electrons. The van der Waals surface area contributed by atoms with E-state index < -0.39 is 0 Å². The van der Waals surface area contributed by atoms with Crippen molar-refractivity contribution in [3.8, 4) is 0 Å². The number of hydrogen-bond donors (Lipinski definition) is 2. The zero-order valence-corrected chi connectivity index (χ0v) is 12.6. The van der Waals surface area contributed by atoms with Gasteiger partial charge in [-0.2, -0.15) is 0 Å². The second-order valence-electron chi connectivity index (χ2n) is 6.93. The molecule has 1 atom stereocenters. The Morgan fingerprint density at radius 1 is 1.11 bits per heavy atom. The van der Waals surface area contributed by atoms with Crippen LogP contribution in [0.2, 0.25) is 0 Å². The quantitative estimate of drug-likeness (QED) is 0.867. The van der Waals surface area contributed by atoms with Crippen LogP contribution in [0.3, 0.4) is 0 Å².